The van der Waals surface area contributed by atoms with Crippen molar-refractivity contribution in [3.8, 4) is 5.75 Å². The maximum atomic E-state index is 13.2. The van der Waals surface area contributed by atoms with E-state index in [1.54, 1.807) is 24.3 Å². The smallest absolute Gasteiger partial charge is 0.335 e. The monoisotopic (exact) mass is 514 g/mol. The van der Waals surface area contributed by atoms with Crippen LogP contribution in [0.1, 0.15) is 16.7 Å². The minimum atomic E-state index is -1.04. The van der Waals surface area contributed by atoms with Crippen LogP contribution in [0.2, 0.25) is 0 Å². The van der Waals surface area contributed by atoms with Crippen LogP contribution < -0.4 is 20.3 Å². The number of urea groups is 1. The lowest BCUT2D eigenvalue weighted by Crippen LogP contribution is -2.54. The van der Waals surface area contributed by atoms with Gasteiger partial charge >= 0.3 is 6.03 Å². The van der Waals surface area contributed by atoms with E-state index >= 15 is 0 Å². The van der Waals surface area contributed by atoms with E-state index in [1.165, 1.54) is 24.3 Å². The van der Waals surface area contributed by atoms with Crippen molar-refractivity contribution >= 4 is 46.9 Å². The van der Waals surface area contributed by atoms with Crippen LogP contribution in [0, 0.1) is 24.0 Å². The van der Waals surface area contributed by atoms with Gasteiger partial charge in [0.2, 0.25) is 0 Å². The fourth-order valence-electron chi connectivity index (χ4n) is 3.72. The van der Waals surface area contributed by atoms with Gasteiger partial charge < -0.3 is 10.1 Å². The summed E-state index contributed by atoms with van der Waals surface area (Å²) in [5, 5.41) is 16.0. The van der Waals surface area contributed by atoms with Gasteiger partial charge in [0.05, 0.1) is 10.6 Å². The van der Waals surface area contributed by atoms with E-state index in [0.717, 1.165) is 17.2 Å². The Hall–Kier alpha value is -5.32. The second kappa shape index (κ2) is 10.7. The summed E-state index contributed by atoms with van der Waals surface area (Å²) < 4.78 is 5.67. The molecule has 4 rings (SSSR count). The lowest BCUT2D eigenvalue weighted by molar-refractivity contribution is -0.384. The molecule has 1 heterocycles. The van der Waals surface area contributed by atoms with Crippen LogP contribution in [0.25, 0.3) is 6.08 Å². The molecule has 1 aliphatic heterocycles. The van der Waals surface area contributed by atoms with E-state index in [2.05, 4.69) is 10.6 Å². The standard InChI is InChI=1S/C27H22N4O7/c1-16-10-11-17(2)22(12-16)28-24(32)15-38-23-9-4-3-6-18(23)13-21-25(33)29-27(35)30(26(21)34)19-7-5-8-20(14-19)31(36)37/h3-14H,15H2,1-2H3,(H,28,32)(H,29,33,35)/b21-13-. The van der Waals surface area contributed by atoms with Gasteiger partial charge in [0.25, 0.3) is 23.4 Å². The van der Waals surface area contributed by atoms with Crippen LogP contribution in [0.3, 0.4) is 0 Å². The molecule has 0 spiro atoms. The molecule has 1 saturated heterocycles. The zero-order valence-corrected chi connectivity index (χ0v) is 20.4. The molecule has 1 aliphatic rings. The van der Waals surface area contributed by atoms with Crippen molar-refractivity contribution in [1.29, 1.82) is 0 Å². The highest BCUT2D eigenvalue weighted by Crippen LogP contribution is 2.27. The highest BCUT2D eigenvalue weighted by molar-refractivity contribution is 6.39. The van der Waals surface area contributed by atoms with E-state index in [9.17, 15) is 29.3 Å². The Morgan fingerprint density at radius 3 is 2.58 bits per heavy atom. The average Bonchev–Trinajstić information content (AvgIpc) is 2.88. The summed E-state index contributed by atoms with van der Waals surface area (Å²) in [6, 6.07) is 16.0. The van der Waals surface area contributed by atoms with Gasteiger partial charge in [0.1, 0.15) is 11.3 Å². The number of benzene rings is 3. The zero-order chi connectivity index (χ0) is 27.4. The fourth-order valence-corrected chi connectivity index (χ4v) is 3.72. The van der Waals surface area contributed by atoms with E-state index in [4.69, 9.17) is 4.74 Å². The van der Waals surface area contributed by atoms with Gasteiger partial charge in [-0.05, 0) is 49.2 Å². The summed E-state index contributed by atoms with van der Waals surface area (Å²) in [4.78, 5) is 61.8. The first-order chi connectivity index (χ1) is 18.1. The third-order valence-electron chi connectivity index (χ3n) is 5.65. The molecular formula is C27H22N4O7. The number of nitro benzene ring substituents is 1. The van der Waals surface area contributed by atoms with Gasteiger partial charge in [-0.15, -0.1) is 0 Å². The number of barbiturate groups is 1. The fraction of sp³-hybridized carbons (Fsp3) is 0.111. The van der Waals surface area contributed by atoms with E-state index in [-0.39, 0.29) is 23.7 Å². The van der Waals surface area contributed by atoms with Crippen LogP contribution in [0.5, 0.6) is 5.75 Å². The predicted molar refractivity (Wildman–Crippen MR) is 139 cm³/mol. The van der Waals surface area contributed by atoms with Crippen molar-refractivity contribution in [1.82, 2.24) is 5.32 Å². The number of rotatable bonds is 7. The number of nitrogens with zero attached hydrogens (tertiary/aromatic N) is 2. The van der Waals surface area contributed by atoms with E-state index in [0.29, 0.717) is 16.2 Å². The molecule has 2 N–H and O–H groups in total. The average molecular weight is 514 g/mol. The second-order valence-electron chi connectivity index (χ2n) is 8.43. The molecule has 0 unspecified atom stereocenters. The number of amides is 5. The molecule has 38 heavy (non-hydrogen) atoms. The molecule has 0 radical (unpaired) electrons. The van der Waals surface area contributed by atoms with Crippen LogP contribution in [0.4, 0.5) is 21.9 Å². The van der Waals surface area contributed by atoms with Crippen molar-refractivity contribution in [2.45, 2.75) is 13.8 Å². The van der Waals surface area contributed by atoms with Crippen molar-refractivity contribution in [2.75, 3.05) is 16.8 Å². The number of nitrogens with one attached hydrogen (secondary N) is 2. The molecule has 3 aromatic carbocycles. The van der Waals surface area contributed by atoms with Gasteiger partial charge in [-0.3, -0.25) is 29.8 Å². The number of aryl methyl sites for hydroxylation is 2. The quantitative estimate of drug-likeness (QED) is 0.210. The van der Waals surface area contributed by atoms with Gasteiger partial charge in [0.15, 0.2) is 6.61 Å². The molecule has 0 aliphatic carbocycles. The molecule has 5 amide bonds. The third-order valence-corrected chi connectivity index (χ3v) is 5.65. The number of para-hydroxylation sites is 1. The number of non-ortho nitro benzene ring substituents is 1. The topological polar surface area (TPSA) is 148 Å². The number of hydrogen-bond acceptors (Lipinski definition) is 7. The van der Waals surface area contributed by atoms with Crippen LogP contribution in [-0.2, 0) is 14.4 Å². The molecule has 3 aromatic rings. The molecule has 1 fully saturated rings. The van der Waals surface area contributed by atoms with Crippen LogP contribution in [-0.4, -0.2) is 35.3 Å². The molecule has 0 atom stereocenters. The van der Waals surface area contributed by atoms with Gasteiger partial charge in [0, 0.05) is 23.4 Å². The first-order valence-corrected chi connectivity index (χ1v) is 11.4. The summed E-state index contributed by atoms with van der Waals surface area (Å²) in [5.74, 6) is -2.10. The Bertz CT molecular complexity index is 1510. The number of nitro groups is 1. The summed E-state index contributed by atoms with van der Waals surface area (Å²) in [6.07, 6.45) is 1.23. The number of anilines is 2. The summed E-state index contributed by atoms with van der Waals surface area (Å²) in [5.41, 5.74) is 2.03. The van der Waals surface area contributed by atoms with Crippen molar-refractivity contribution in [3.63, 3.8) is 0 Å². The first-order valence-electron chi connectivity index (χ1n) is 11.4. The molecular weight excluding hydrogens is 492 g/mol. The highest BCUT2D eigenvalue weighted by Gasteiger charge is 2.37. The maximum Gasteiger partial charge on any atom is 0.335 e. The Morgan fingerprint density at radius 2 is 1.82 bits per heavy atom. The van der Waals surface area contributed by atoms with Crippen molar-refractivity contribution < 1.29 is 28.8 Å². The summed E-state index contributed by atoms with van der Waals surface area (Å²) in [6.45, 7) is 3.43. The van der Waals surface area contributed by atoms with Crippen molar-refractivity contribution in [3.05, 3.63) is 99.1 Å². The zero-order valence-electron chi connectivity index (χ0n) is 20.4. The Morgan fingerprint density at radius 1 is 1.05 bits per heavy atom. The number of carbonyl (C=O) groups is 4. The lowest BCUT2D eigenvalue weighted by atomic mass is 10.1. The first kappa shape index (κ1) is 25.8. The highest BCUT2D eigenvalue weighted by atomic mass is 16.6. The minimum absolute atomic E-state index is 0.0762. The summed E-state index contributed by atoms with van der Waals surface area (Å²) >= 11 is 0. The molecule has 0 aromatic heterocycles. The van der Waals surface area contributed by atoms with Gasteiger partial charge in [-0.2, -0.15) is 0 Å². The van der Waals surface area contributed by atoms with E-state index < -0.39 is 34.2 Å². The molecule has 0 saturated carbocycles. The SMILES string of the molecule is Cc1ccc(C)c(NC(=O)COc2ccccc2/C=C2/C(=O)NC(=O)N(c3cccc([N+](=O)[O-])c3)C2=O)c1. The predicted octanol–water partition coefficient (Wildman–Crippen LogP) is 3.90. The Balaban J connectivity index is 1.57. The van der Waals surface area contributed by atoms with Crippen molar-refractivity contribution in [2.24, 2.45) is 0 Å². The number of imide groups is 2. The van der Waals surface area contributed by atoms with Gasteiger partial charge in [-0.1, -0.05) is 36.4 Å². The molecule has 11 heteroatoms. The van der Waals surface area contributed by atoms with Gasteiger partial charge in [-0.25, -0.2) is 9.69 Å². The number of hydrogen-bond donors (Lipinski definition) is 2. The molecule has 0 bridgehead atoms. The summed E-state index contributed by atoms with van der Waals surface area (Å²) in [7, 11) is 0. The van der Waals surface area contributed by atoms with Crippen LogP contribution in [0.15, 0.2) is 72.3 Å². The number of ether oxygens (including phenoxy) is 1. The third kappa shape index (κ3) is 5.57. The second-order valence-corrected chi connectivity index (χ2v) is 8.43. The Kier molecular flexibility index (Phi) is 7.28. The van der Waals surface area contributed by atoms with Crippen LogP contribution >= 0.6 is 0 Å². The van der Waals surface area contributed by atoms with E-state index in [1.807, 2.05) is 32.0 Å². The largest absolute Gasteiger partial charge is 0.483 e. The molecule has 11 nitrogen and oxygen atoms in total. The lowest BCUT2D eigenvalue weighted by Gasteiger charge is -2.26. The molecule has 192 valence electrons. The number of carbonyl (C=O) groups excluding carboxylic acids is 4. The minimum Gasteiger partial charge on any atom is -0.483 e. The maximum absolute atomic E-state index is 13.2. The normalized spacial score (nSPS) is 14.3. The Labute approximate surface area is 216 Å².